The third-order valence-corrected chi connectivity index (χ3v) is 4.87. The van der Waals surface area contributed by atoms with Gasteiger partial charge in [0.05, 0.1) is 11.9 Å². The Morgan fingerprint density at radius 3 is 2.92 bits per heavy atom. The second-order valence-electron chi connectivity index (χ2n) is 6.48. The largest absolute Gasteiger partial charge is 0.330 e. The summed E-state index contributed by atoms with van der Waals surface area (Å²) < 4.78 is 1.68. The summed E-state index contributed by atoms with van der Waals surface area (Å²) in [5.41, 5.74) is 2.52. The van der Waals surface area contributed by atoms with Crippen LogP contribution in [-0.4, -0.2) is 51.0 Å². The molecule has 2 aromatic rings. The smallest absolute Gasteiger partial charge is 0.276 e. The molecule has 3 heterocycles. The summed E-state index contributed by atoms with van der Waals surface area (Å²) in [7, 11) is 0. The summed E-state index contributed by atoms with van der Waals surface area (Å²) in [6.45, 7) is 3.91. The van der Waals surface area contributed by atoms with Gasteiger partial charge in [0.15, 0.2) is 5.69 Å². The minimum absolute atomic E-state index is 0. The maximum absolute atomic E-state index is 12.9. The van der Waals surface area contributed by atoms with Crippen LogP contribution in [0.2, 0.25) is 0 Å². The van der Waals surface area contributed by atoms with E-state index in [1.807, 2.05) is 36.1 Å². The highest BCUT2D eigenvalue weighted by molar-refractivity contribution is 5.92. The molecule has 2 aliphatic rings. The zero-order chi connectivity index (χ0) is 15.8. The molecule has 1 N–H and O–H groups in total. The van der Waals surface area contributed by atoms with Crippen LogP contribution in [0, 0.1) is 6.92 Å². The van der Waals surface area contributed by atoms with Crippen LogP contribution in [0.4, 0.5) is 0 Å². The number of halogens is 1. The van der Waals surface area contributed by atoms with Gasteiger partial charge in [0.2, 0.25) is 0 Å². The number of aromatic nitrogens is 3. The van der Waals surface area contributed by atoms with Crippen molar-refractivity contribution in [1.82, 2.24) is 25.2 Å². The number of hydrogen-bond donors (Lipinski definition) is 1. The number of fused-ring (bicyclic) bond motifs is 2. The van der Waals surface area contributed by atoms with Crippen LogP contribution >= 0.6 is 12.4 Å². The first-order chi connectivity index (χ1) is 11.2. The van der Waals surface area contributed by atoms with Crippen LogP contribution in [0.3, 0.4) is 0 Å². The summed E-state index contributed by atoms with van der Waals surface area (Å²) in [4.78, 5) is 14.9. The Bertz CT molecular complexity index is 717. The Morgan fingerprint density at radius 1 is 1.25 bits per heavy atom. The number of carbonyl (C=O) groups is 1. The van der Waals surface area contributed by atoms with Gasteiger partial charge in [0, 0.05) is 18.6 Å². The Morgan fingerprint density at radius 2 is 2.08 bits per heavy atom. The Hall–Kier alpha value is -1.92. The van der Waals surface area contributed by atoms with Crippen molar-refractivity contribution >= 4 is 18.3 Å². The van der Waals surface area contributed by atoms with Crippen molar-refractivity contribution in [1.29, 1.82) is 0 Å². The van der Waals surface area contributed by atoms with Crippen molar-refractivity contribution in [3.05, 3.63) is 41.7 Å². The maximum Gasteiger partial charge on any atom is 0.276 e. The molecule has 2 aliphatic heterocycles. The van der Waals surface area contributed by atoms with E-state index in [0.29, 0.717) is 17.8 Å². The molecule has 2 unspecified atom stereocenters. The van der Waals surface area contributed by atoms with E-state index in [9.17, 15) is 4.79 Å². The normalized spacial score (nSPS) is 22.8. The van der Waals surface area contributed by atoms with Crippen molar-refractivity contribution in [2.24, 2.45) is 0 Å². The molecule has 0 saturated carbocycles. The Kier molecular flexibility index (Phi) is 4.87. The third-order valence-electron chi connectivity index (χ3n) is 4.87. The van der Waals surface area contributed by atoms with Gasteiger partial charge in [0.25, 0.3) is 5.91 Å². The van der Waals surface area contributed by atoms with Crippen LogP contribution in [0.5, 0.6) is 0 Å². The van der Waals surface area contributed by atoms with Crippen LogP contribution in [0.15, 0.2) is 30.5 Å². The lowest BCUT2D eigenvalue weighted by Crippen LogP contribution is -2.42. The maximum atomic E-state index is 12.9. The van der Waals surface area contributed by atoms with Crippen LogP contribution in [-0.2, 0) is 0 Å². The van der Waals surface area contributed by atoms with E-state index in [4.69, 9.17) is 0 Å². The summed E-state index contributed by atoms with van der Waals surface area (Å²) >= 11 is 0. The summed E-state index contributed by atoms with van der Waals surface area (Å²) in [5.74, 6) is 0.0140. The average molecular weight is 348 g/mol. The van der Waals surface area contributed by atoms with Gasteiger partial charge in [-0.3, -0.25) is 4.79 Å². The molecule has 2 saturated heterocycles. The minimum atomic E-state index is 0. The van der Waals surface area contributed by atoms with E-state index in [1.54, 1.807) is 10.9 Å². The molecule has 2 atom stereocenters. The number of amides is 1. The van der Waals surface area contributed by atoms with Gasteiger partial charge in [-0.05, 0) is 50.4 Å². The van der Waals surface area contributed by atoms with E-state index in [2.05, 4.69) is 15.6 Å². The van der Waals surface area contributed by atoms with Crippen LogP contribution in [0.25, 0.3) is 5.69 Å². The highest BCUT2D eigenvalue weighted by Crippen LogP contribution is 2.29. The zero-order valence-electron chi connectivity index (χ0n) is 13.7. The molecule has 1 aromatic heterocycles. The minimum Gasteiger partial charge on any atom is -0.330 e. The fourth-order valence-electron chi connectivity index (χ4n) is 3.70. The molecule has 24 heavy (non-hydrogen) atoms. The predicted molar refractivity (Wildman–Crippen MR) is 93.8 cm³/mol. The predicted octanol–water partition coefficient (Wildman–Crippen LogP) is 1.96. The summed E-state index contributed by atoms with van der Waals surface area (Å²) in [5, 5.41) is 11.7. The molecule has 7 heteroatoms. The molecule has 2 fully saturated rings. The van der Waals surface area contributed by atoms with Gasteiger partial charge in [0.1, 0.15) is 0 Å². The molecule has 128 valence electrons. The number of nitrogens with zero attached hydrogens (tertiary/aromatic N) is 4. The molecular formula is C17H22ClN5O. The van der Waals surface area contributed by atoms with Crippen molar-refractivity contribution in [2.45, 2.75) is 38.3 Å². The van der Waals surface area contributed by atoms with E-state index in [0.717, 1.165) is 43.6 Å². The molecular weight excluding hydrogens is 326 g/mol. The van der Waals surface area contributed by atoms with Crippen molar-refractivity contribution < 1.29 is 4.79 Å². The average Bonchev–Trinajstić information content (AvgIpc) is 3.11. The van der Waals surface area contributed by atoms with Gasteiger partial charge in [-0.2, -0.15) is 0 Å². The molecule has 4 rings (SSSR count). The SMILES string of the molecule is Cc1cccc(-n2cc(C(=O)N3C4CCNCC3CC4)nn2)c1.Cl. The monoisotopic (exact) mass is 347 g/mol. The lowest BCUT2D eigenvalue weighted by atomic mass is 10.1. The fourth-order valence-corrected chi connectivity index (χ4v) is 3.70. The zero-order valence-corrected chi connectivity index (χ0v) is 14.5. The molecule has 1 amide bonds. The number of carbonyl (C=O) groups excluding carboxylic acids is 1. The first kappa shape index (κ1) is 16.9. The molecule has 6 nitrogen and oxygen atoms in total. The first-order valence-corrected chi connectivity index (χ1v) is 8.25. The van der Waals surface area contributed by atoms with E-state index in [-0.39, 0.29) is 18.3 Å². The van der Waals surface area contributed by atoms with Gasteiger partial charge >= 0.3 is 0 Å². The lowest BCUT2D eigenvalue weighted by molar-refractivity contribution is 0.0674. The van der Waals surface area contributed by atoms with E-state index < -0.39 is 0 Å². The second-order valence-corrected chi connectivity index (χ2v) is 6.48. The fraction of sp³-hybridized carbons (Fsp3) is 0.471. The second kappa shape index (κ2) is 6.91. The van der Waals surface area contributed by atoms with Crippen LogP contribution in [0.1, 0.15) is 35.3 Å². The number of aryl methyl sites for hydroxylation is 1. The van der Waals surface area contributed by atoms with Gasteiger partial charge in [-0.15, -0.1) is 17.5 Å². The number of rotatable bonds is 2. The van der Waals surface area contributed by atoms with E-state index in [1.165, 1.54) is 0 Å². The number of hydrogen-bond acceptors (Lipinski definition) is 4. The van der Waals surface area contributed by atoms with E-state index >= 15 is 0 Å². The molecule has 0 radical (unpaired) electrons. The molecule has 2 bridgehead atoms. The summed E-state index contributed by atoms with van der Waals surface area (Å²) in [6, 6.07) is 8.65. The van der Waals surface area contributed by atoms with Crippen molar-refractivity contribution in [2.75, 3.05) is 13.1 Å². The Labute approximate surface area is 147 Å². The molecule has 0 spiro atoms. The van der Waals surface area contributed by atoms with Gasteiger partial charge in [-0.1, -0.05) is 17.3 Å². The van der Waals surface area contributed by atoms with Crippen molar-refractivity contribution in [3.8, 4) is 5.69 Å². The Balaban J connectivity index is 0.00000169. The highest BCUT2D eigenvalue weighted by atomic mass is 35.5. The standard InChI is InChI=1S/C17H21N5O.ClH/c1-12-3-2-4-14(9-12)21-11-16(19-20-21)17(23)22-13-5-6-15(22)10-18-8-7-13;/h2-4,9,11,13,15,18H,5-8,10H2,1H3;1H. The van der Waals surface area contributed by atoms with Gasteiger partial charge in [-0.25, -0.2) is 4.68 Å². The van der Waals surface area contributed by atoms with Crippen molar-refractivity contribution in [3.63, 3.8) is 0 Å². The summed E-state index contributed by atoms with van der Waals surface area (Å²) in [6.07, 6.45) is 4.95. The molecule has 1 aromatic carbocycles. The van der Waals surface area contributed by atoms with Gasteiger partial charge < -0.3 is 10.2 Å². The number of nitrogens with one attached hydrogen (secondary N) is 1. The van der Waals surface area contributed by atoms with Crippen LogP contribution < -0.4 is 5.32 Å². The highest BCUT2D eigenvalue weighted by Gasteiger charge is 2.39. The topological polar surface area (TPSA) is 63.1 Å². The lowest BCUT2D eigenvalue weighted by Gasteiger charge is -2.26. The number of benzene rings is 1. The quantitative estimate of drug-likeness (QED) is 0.902. The molecule has 0 aliphatic carbocycles. The third kappa shape index (κ3) is 3.03. The first-order valence-electron chi connectivity index (χ1n) is 8.25.